The SMILES string of the molecule is O=C(CCCc1c[nH]c2ccccc12)N1CCN(S(=O)(=O)c2cccc(Cl)c2)CC1. The molecule has 2 aromatic carbocycles. The van der Waals surface area contributed by atoms with Crippen molar-refractivity contribution in [2.75, 3.05) is 26.2 Å². The Bertz CT molecular complexity index is 1150. The molecule has 1 saturated heterocycles. The summed E-state index contributed by atoms with van der Waals surface area (Å²) in [5, 5.41) is 1.59. The van der Waals surface area contributed by atoms with Crippen molar-refractivity contribution in [2.24, 2.45) is 0 Å². The molecule has 158 valence electrons. The number of halogens is 1. The highest BCUT2D eigenvalue weighted by atomic mass is 35.5. The van der Waals surface area contributed by atoms with E-state index in [-0.39, 0.29) is 10.8 Å². The van der Waals surface area contributed by atoms with Crippen LogP contribution >= 0.6 is 11.6 Å². The maximum atomic E-state index is 12.8. The summed E-state index contributed by atoms with van der Waals surface area (Å²) < 4.78 is 27.0. The fraction of sp³-hybridized carbons (Fsp3) is 0.318. The lowest BCUT2D eigenvalue weighted by Crippen LogP contribution is -2.50. The Morgan fingerprint density at radius 2 is 1.80 bits per heavy atom. The zero-order valence-electron chi connectivity index (χ0n) is 16.6. The lowest BCUT2D eigenvalue weighted by Gasteiger charge is -2.34. The molecule has 0 radical (unpaired) electrons. The van der Waals surface area contributed by atoms with E-state index in [1.165, 1.54) is 21.3 Å². The first kappa shape index (κ1) is 20.9. The van der Waals surface area contributed by atoms with Gasteiger partial charge in [0.1, 0.15) is 0 Å². The van der Waals surface area contributed by atoms with Crippen molar-refractivity contribution in [3.63, 3.8) is 0 Å². The van der Waals surface area contributed by atoms with Crippen molar-refractivity contribution in [2.45, 2.75) is 24.2 Å². The van der Waals surface area contributed by atoms with Crippen LogP contribution in [0.25, 0.3) is 10.9 Å². The van der Waals surface area contributed by atoms with Crippen LogP contribution in [0.3, 0.4) is 0 Å². The molecule has 0 aliphatic carbocycles. The Hall–Kier alpha value is -2.35. The molecule has 0 bridgehead atoms. The Morgan fingerprint density at radius 3 is 2.57 bits per heavy atom. The number of benzene rings is 2. The van der Waals surface area contributed by atoms with Crippen LogP contribution in [-0.2, 0) is 21.2 Å². The van der Waals surface area contributed by atoms with Crippen LogP contribution in [0.15, 0.2) is 59.6 Å². The molecule has 1 aromatic heterocycles. The average molecular weight is 446 g/mol. The maximum Gasteiger partial charge on any atom is 0.243 e. The Balaban J connectivity index is 1.29. The molecule has 0 spiro atoms. The molecular formula is C22H24ClN3O3S. The number of piperazine rings is 1. The van der Waals surface area contributed by atoms with E-state index in [1.807, 2.05) is 24.4 Å². The highest BCUT2D eigenvalue weighted by Crippen LogP contribution is 2.22. The molecule has 4 rings (SSSR count). The van der Waals surface area contributed by atoms with E-state index >= 15 is 0 Å². The van der Waals surface area contributed by atoms with Gasteiger partial charge in [-0.3, -0.25) is 4.79 Å². The molecule has 0 atom stereocenters. The molecule has 1 fully saturated rings. The number of fused-ring (bicyclic) bond motifs is 1. The Kier molecular flexibility index (Phi) is 6.13. The number of aromatic nitrogens is 1. The van der Waals surface area contributed by atoms with E-state index in [1.54, 1.807) is 23.1 Å². The number of rotatable bonds is 6. The highest BCUT2D eigenvalue weighted by Gasteiger charge is 2.30. The first-order chi connectivity index (χ1) is 14.4. The quantitative estimate of drug-likeness (QED) is 0.629. The molecule has 0 saturated carbocycles. The molecule has 0 unspecified atom stereocenters. The minimum Gasteiger partial charge on any atom is -0.361 e. The van der Waals surface area contributed by atoms with Crippen molar-refractivity contribution in [3.05, 3.63) is 65.3 Å². The summed E-state index contributed by atoms with van der Waals surface area (Å²) in [7, 11) is -3.59. The van der Waals surface area contributed by atoms with Crippen LogP contribution in [0.1, 0.15) is 18.4 Å². The predicted molar refractivity (Wildman–Crippen MR) is 118 cm³/mol. The third kappa shape index (κ3) is 4.38. The fourth-order valence-electron chi connectivity index (χ4n) is 3.88. The van der Waals surface area contributed by atoms with Gasteiger partial charge in [-0.05, 0) is 42.7 Å². The number of hydrogen-bond donors (Lipinski definition) is 1. The molecule has 1 N–H and O–H groups in total. The summed E-state index contributed by atoms with van der Waals surface area (Å²) in [6, 6.07) is 14.4. The largest absolute Gasteiger partial charge is 0.361 e. The van der Waals surface area contributed by atoms with E-state index in [4.69, 9.17) is 11.6 Å². The molecule has 6 nitrogen and oxygen atoms in total. The van der Waals surface area contributed by atoms with Crippen LogP contribution in [0.2, 0.25) is 5.02 Å². The first-order valence-corrected chi connectivity index (χ1v) is 11.9. The second-order valence-corrected chi connectivity index (χ2v) is 9.83. The van der Waals surface area contributed by atoms with Gasteiger partial charge in [0.2, 0.25) is 15.9 Å². The molecule has 1 amide bonds. The van der Waals surface area contributed by atoms with E-state index in [2.05, 4.69) is 11.1 Å². The summed E-state index contributed by atoms with van der Waals surface area (Å²) in [5.41, 5.74) is 2.33. The molecule has 8 heteroatoms. The lowest BCUT2D eigenvalue weighted by atomic mass is 10.1. The number of H-pyrrole nitrogens is 1. The van der Waals surface area contributed by atoms with Crippen molar-refractivity contribution in [1.82, 2.24) is 14.2 Å². The number of hydrogen-bond acceptors (Lipinski definition) is 3. The zero-order valence-corrected chi connectivity index (χ0v) is 18.1. The van der Waals surface area contributed by atoms with E-state index in [0.29, 0.717) is 37.6 Å². The summed E-state index contributed by atoms with van der Waals surface area (Å²) in [5.74, 6) is 0.0784. The number of carbonyl (C=O) groups is 1. The van der Waals surface area contributed by atoms with Gasteiger partial charge < -0.3 is 9.88 Å². The van der Waals surface area contributed by atoms with Crippen LogP contribution in [0, 0.1) is 0 Å². The summed E-state index contributed by atoms with van der Waals surface area (Å²) in [4.78, 5) is 17.8. The lowest BCUT2D eigenvalue weighted by molar-refractivity contribution is -0.132. The number of amides is 1. The number of aromatic amines is 1. The summed E-state index contributed by atoms with van der Waals surface area (Å²) in [6.45, 7) is 1.41. The fourth-order valence-corrected chi connectivity index (χ4v) is 5.60. The third-order valence-corrected chi connectivity index (χ3v) is 7.67. The normalized spacial score (nSPS) is 15.6. The average Bonchev–Trinajstić information content (AvgIpc) is 3.17. The van der Waals surface area contributed by atoms with Crippen LogP contribution in [0.5, 0.6) is 0 Å². The van der Waals surface area contributed by atoms with E-state index < -0.39 is 10.0 Å². The van der Waals surface area contributed by atoms with Crippen molar-refractivity contribution in [3.8, 4) is 0 Å². The number of nitrogens with one attached hydrogen (secondary N) is 1. The Labute approximate surface area is 181 Å². The van der Waals surface area contributed by atoms with Crippen molar-refractivity contribution >= 4 is 38.4 Å². The van der Waals surface area contributed by atoms with Gasteiger partial charge >= 0.3 is 0 Å². The number of aryl methyl sites for hydroxylation is 1. The summed E-state index contributed by atoms with van der Waals surface area (Å²) in [6.07, 6.45) is 4.07. The van der Waals surface area contributed by atoms with Gasteiger partial charge in [0, 0.05) is 54.7 Å². The molecule has 1 aliphatic heterocycles. The Morgan fingerprint density at radius 1 is 1.03 bits per heavy atom. The highest BCUT2D eigenvalue weighted by molar-refractivity contribution is 7.89. The number of para-hydroxylation sites is 1. The molecule has 1 aliphatic rings. The van der Waals surface area contributed by atoms with E-state index in [9.17, 15) is 13.2 Å². The minimum atomic E-state index is -3.59. The smallest absolute Gasteiger partial charge is 0.243 e. The van der Waals surface area contributed by atoms with Crippen molar-refractivity contribution < 1.29 is 13.2 Å². The molecule has 2 heterocycles. The van der Waals surface area contributed by atoms with Gasteiger partial charge in [-0.2, -0.15) is 4.31 Å². The molecule has 3 aromatic rings. The number of nitrogens with zero attached hydrogens (tertiary/aromatic N) is 2. The second-order valence-electron chi connectivity index (χ2n) is 7.46. The number of carbonyl (C=O) groups excluding carboxylic acids is 1. The molecule has 30 heavy (non-hydrogen) atoms. The third-order valence-electron chi connectivity index (χ3n) is 5.54. The van der Waals surface area contributed by atoms with Gasteiger partial charge in [-0.15, -0.1) is 0 Å². The van der Waals surface area contributed by atoms with Gasteiger partial charge in [-0.25, -0.2) is 8.42 Å². The predicted octanol–water partition coefficient (Wildman–Crippen LogP) is 3.68. The van der Waals surface area contributed by atoms with Crippen molar-refractivity contribution in [1.29, 1.82) is 0 Å². The first-order valence-electron chi connectivity index (χ1n) is 10.0. The van der Waals surface area contributed by atoms with Gasteiger partial charge in [-0.1, -0.05) is 35.9 Å². The standard InChI is InChI=1S/C22H24ClN3O3S/c23-18-6-4-7-19(15-18)30(28,29)26-13-11-25(12-14-26)22(27)10-3-5-17-16-24-21-9-2-1-8-20(17)21/h1-2,4,6-9,15-16,24H,3,5,10-14H2. The van der Waals surface area contributed by atoms with Crippen LogP contribution in [0.4, 0.5) is 0 Å². The van der Waals surface area contributed by atoms with E-state index in [0.717, 1.165) is 18.4 Å². The van der Waals surface area contributed by atoms with Crippen LogP contribution < -0.4 is 0 Å². The maximum absolute atomic E-state index is 12.8. The minimum absolute atomic E-state index is 0.0784. The topological polar surface area (TPSA) is 73.5 Å². The molecular weight excluding hydrogens is 422 g/mol. The van der Waals surface area contributed by atoms with Gasteiger partial charge in [0.15, 0.2) is 0 Å². The number of sulfonamides is 1. The second kappa shape index (κ2) is 8.79. The monoisotopic (exact) mass is 445 g/mol. The summed E-state index contributed by atoms with van der Waals surface area (Å²) >= 11 is 5.93. The van der Waals surface area contributed by atoms with Gasteiger partial charge in [0.25, 0.3) is 0 Å². The van der Waals surface area contributed by atoms with Gasteiger partial charge in [0.05, 0.1) is 4.90 Å². The van der Waals surface area contributed by atoms with Crippen LogP contribution in [-0.4, -0.2) is 54.7 Å². The zero-order chi connectivity index (χ0) is 21.1.